The number of nitrogens with zero attached hydrogens (tertiary/aromatic N) is 2. The van der Waals surface area contributed by atoms with Gasteiger partial charge in [-0.05, 0) is 30.4 Å². The predicted molar refractivity (Wildman–Crippen MR) is 139 cm³/mol. The molecule has 41 heavy (non-hydrogen) atoms. The van der Waals surface area contributed by atoms with Crippen molar-refractivity contribution < 1.29 is 38.6 Å². The Kier molecular flexibility index (Phi) is 6.13. The zero-order valence-corrected chi connectivity index (χ0v) is 21.6. The Morgan fingerprint density at radius 1 is 0.829 bits per heavy atom. The third-order valence-electron chi connectivity index (χ3n) is 8.67. The van der Waals surface area contributed by atoms with E-state index in [2.05, 4.69) is 0 Å². The van der Waals surface area contributed by atoms with Gasteiger partial charge in [-0.2, -0.15) is 9.80 Å². The number of phenolic OH excluding ortho intramolecular Hbond substituents is 1. The van der Waals surface area contributed by atoms with Gasteiger partial charge in [0.2, 0.25) is 23.6 Å². The fourth-order valence-electron chi connectivity index (χ4n) is 6.99. The Morgan fingerprint density at radius 2 is 1.46 bits per heavy atom. The first-order valence-electron chi connectivity index (χ1n) is 13.1. The maximum absolute atomic E-state index is 13.5. The molecule has 4 aliphatic rings. The van der Waals surface area contributed by atoms with Crippen LogP contribution in [0.25, 0.3) is 0 Å². The van der Waals surface area contributed by atoms with E-state index in [-0.39, 0.29) is 30.8 Å². The molecule has 6 unspecified atom stereocenters. The number of ether oxygens (including phenoxy) is 1. The van der Waals surface area contributed by atoms with Gasteiger partial charge in [-0.1, -0.05) is 48.0 Å². The predicted octanol–water partition coefficient (Wildman–Crippen LogP) is 1.76. The average Bonchev–Trinajstić information content (AvgIpc) is 3.35. The molecule has 2 aliphatic carbocycles. The summed E-state index contributed by atoms with van der Waals surface area (Å²) in [6.45, 7) is 0.247. The highest BCUT2D eigenvalue weighted by Crippen LogP contribution is 2.58. The molecular formula is C29H26N4O8. The summed E-state index contributed by atoms with van der Waals surface area (Å²) in [6.07, 6.45) is 1.80. The number of primary amides is 2. The summed E-state index contributed by atoms with van der Waals surface area (Å²) in [5.41, 5.74) is 12.5. The molecule has 0 aromatic heterocycles. The number of carbonyl (C=O) groups is 6. The molecule has 5 N–H and O–H groups in total. The zero-order valence-electron chi connectivity index (χ0n) is 21.6. The Bertz CT molecular complexity index is 1550. The molecule has 2 aromatic carbocycles. The van der Waals surface area contributed by atoms with Gasteiger partial charge in [0.1, 0.15) is 18.1 Å². The number of allylic oxidation sites excluding steroid dienone is 2. The van der Waals surface area contributed by atoms with Gasteiger partial charge in [0.05, 0.1) is 23.7 Å². The van der Waals surface area contributed by atoms with E-state index in [1.165, 1.54) is 6.07 Å². The Labute approximate surface area is 233 Å². The van der Waals surface area contributed by atoms with Crippen LogP contribution in [0.15, 0.2) is 60.2 Å². The maximum atomic E-state index is 13.5. The van der Waals surface area contributed by atoms with Crippen LogP contribution in [0.3, 0.4) is 0 Å². The van der Waals surface area contributed by atoms with Crippen molar-refractivity contribution in [3.8, 4) is 11.5 Å². The zero-order chi connectivity index (χ0) is 29.2. The average molecular weight is 559 g/mol. The molecule has 2 heterocycles. The van der Waals surface area contributed by atoms with Crippen molar-refractivity contribution in [2.45, 2.75) is 25.4 Å². The maximum Gasteiger partial charge on any atom is 0.328 e. The summed E-state index contributed by atoms with van der Waals surface area (Å²) < 4.78 is 5.82. The van der Waals surface area contributed by atoms with Crippen LogP contribution in [0.2, 0.25) is 0 Å². The summed E-state index contributed by atoms with van der Waals surface area (Å²) in [7, 11) is 0. The van der Waals surface area contributed by atoms with Gasteiger partial charge in [-0.3, -0.25) is 19.2 Å². The van der Waals surface area contributed by atoms with E-state index < -0.39 is 71.2 Å². The van der Waals surface area contributed by atoms with Crippen LogP contribution in [0.5, 0.6) is 11.5 Å². The first-order valence-corrected chi connectivity index (χ1v) is 13.1. The fraction of sp³-hybridized carbons (Fsp3) is 0.310. The highest BCUT2D eigenvalue weighted by molar-refractivity contribution is 6.18. The number of aromatic hydroxyl groups is 1. The van der Waals surface area contributed by atoms with Crippen molar-refractivity contribution >= 4 is 35.7 Å². The lowest BCUT2D eigenvalue weighted by atomic mass is 9.57. The fourth-order valence-corrected chi connectivity index (χ4v) is 6.99. The SMILES string of the molecule is NC(=O)N1C(=O)C2CC=C3C(CC4C(=O)N(C(N)=O)C(=O)C4C3c3ccc(OCc4ccccc4)cc3O)C2C1=O. The number of rotatable bonds is 4. The van der Waals surface area contributed by atoms with E-state index in [0.29, 0.717) is 21.1 Å². The number of phenols is 1. The van der Waals surface area contributed by atoms with E-state index in [1.807, 2.05) is 30.3 Å². The number of fused-ring (bicyclic) bond motifs is 4. The molecular weight excluding hydrogens is 532 g/mol. The lowest BCUT2D eigenvalue weighted by Crippen LogP contribution is -2.44. The van der Waals surface area contributed by atoms with Crippen LogP contribution in [-0.2, 0) is 25.8 Å². The second-order valence-electron chi connectivity index (χ2n) is 10.7. The van der Waals surface area contributed by atoms with Crippen molar-refractivity contribution in [2.75, 3.05) is 0 Å². The van der Waals surface area contributed by atoms with Crippen LogP contribution >= 0.6 is 0 Å². The summed E-state index contributed by atoms with van der Waals surface area (Å²) in [6, 6.07) is 11.6. The quantitative estimate of drug-likeness (QED) is 0.373. The van der Waals surface area contributed by atoms with Gasteiger partial charge in [0, 0.05) is 17.5 Å². The normalized spacial score (nSPS) is 28.6. The lowest BCUT2D eigenvalue weighted by molar-refractivity contribution is -0.138. The first-order chi connectivity index (χ1) is 19.6. The van der Waals surface area contributed by atoms with E-state index in [0.717, 1.165) is 5.56 Å². The first kappa shape index (κ1) is 26.2. The van der Waals surface area contributed by atoms with Crippen molar-refractivity contribution in [2.24, 2.45) is 41.1 Å². The van der Waals surface area contributed by atoms with Gasteiger partial charge >= 0.3 is 12.1 Å². The minimum atomic E-state index is -1.22. The Balaban J connectivity index is 1.40. The molecule has 2 aliphatic heterocycles. The van der Waals surface area contributed by atoms with Crippen molar-refractivity contribution in [3.63, 3.8) is 0 Å². The molecule has 2 aromatic rings. The molecule has 2 saturated heterocycles. The van der Waals surface area contributed by atoms with Crippen LogP contribution in [-0.4, -0.2) is 50.6 Å². The Hall–Kier alpha value is -5.00. The van der Waals surface area contributed by atoms with Gasteiger partial charge in [-0.15, -0.1) is 0 Å². The molecule has 6 atom stereocenters. The number of urea groups is 2. The summed E-state index contributed by atoms with van der Waals surface area (Å²) in [4.78, 5) is 77.7. The number of likely N-dealkylation sites (tertiary alicyclic amines) is 2. The molecule has 8 amide bonds. The largest absolute Gasteiger partial charge is 0.508 e. The topological polar surface area (TPSA) is 190 Å². The molecule has 0 bridgehead atoms. The van der Waals surface area contributed by atoms with E-state index in [4.69, 9.17) is 16.2 Å². The number of amides is 8. The van der Waals surface area contributed by atoms with E-state index >= 15 is 0 Å². The summed E-state index contributed by atoms with van der Waals surface area (Å²) in [5, 5.41) is 11.2. The molecule has 12 heteroatoms. The van der Waals surface area contributed by atoms with Crippen molar-refractivity contribution in [1.29, 1.82) is 0 Å². The third-order valence-corrected chi connectivity index (χ3v) is 8.67. The third kappa shape index (κ3) is 3.97. The van der Waals surface area contributed by atoms with Crippen LogP contribution in [0.4, 0.5) is 9.59 Å². The van der Waals surface area contributed by atoms with Gasteiger partial charge < -0.3 is 21.3 Å². The lowest BCUT2D eigenvalue weighted by Gasteiger charge is -2.44. The molecule has 1 saturated carbocycles. The molecule has 210 valence electrons. The smallest absolute Gasteiger partial charge is 0.328 e. The molecule has 0 radical (unpaired) electrons. The molecule has 0 spiro atoms. The Morgan fingerprint density at radius 3 is 2.10 bits per heavy atom. The number of carbonyl (C=O) groups excluding carboxylic acids is 6. The molecule has 6 rings (SSSR count). The number of nitrogens with two attached hydrogens (primary N) is 2. The van der Waals surface area contributed by atoms with Crippen LogP contribution in [0.1, 0.15) is 29.9 Å². The van der Waals surface area contributed by atoms with Gasteiger partial charge in [0.25, 0.3) is 0 Å². The minimum Gasteiger partial charge on any atom is -0.508 e. The number of hydrogen-bond acceptors (Lipinski definition) is 8. The number of imide groups is 6. The standard InChI is InChI=1S/C29H26N4O8/c30-28(39)32-24(35)17-9-8-15-18(22(17)26(32)37)11-19-23(27(38)33(25(19)36)29(31)40)21(15)16-7-6-14(10-20(16)34)41-12-13-4-2-1-3-5-13/h1-8,10,17-19,21-23,34H,9,11-12H2,(H2,30,39)(H2,31,40). The molecule has 3 fully saturated rings. The number of hydrogen-bond donors (Lipinski definition) is 3. The molecule has 12 nitrogen and oxygen atoms in total. The van der Waals surface area contributed by atoms with Crippen LogP contribution < -0.4 is 16.2 Å². The summed E-state index contributed by atoms with van der Waals surface area (Å²) in [5.74, 6) is -8.52. The second kappa shape index (κ2) is 9.58. The van der Waals surface area contributed by atoms with E-state index in [1.54, 1.807) is 18.2 Å². The highest BCUT2D eigenvalue weighted by atomic mass is 16.5. The minimum absolute atomic E-state index is 0.0207. The van der Waals surface area contributed by atoms with Crippen LogP contribution in [0, 0.1) is 29.6 Å². The second-order valence-corrected chi connectivity index (χ2v) is 10.7. The van der Waals surface area contributed by atoms with Crippen molar-refractivity contribution in [1.82, 2.24) is 9.80 Å². The summed E-state index contributed by atoms with van der Waals surface area (Å²) >= 11 is 0. The number of benzene rings is 2. The van der Waals surface area contributed by atoms with Gasteiger partial charge in [-0.25, -0.2) is 9.59 Å². The monoisotopic (exact) mass is 558 g/mol. The van der Waals surface area contributed by atoms with E-state index in [9.17, 15) is 33.9 Å². The highest BCUT2D eigenvalue weighted by Gasteiger charge is 2.63. The van der Waals surface area contributed by atoms with Gasteiger partial charge in [0.15, 0.2) is 0 Å². The van der Waals surface area contributed by atoms with Crippen molar-refractivity contribution in [3.05, 3.63) is 71.3 Å².